The quantitative estimate of drug-likeness (QED) is 0.791. The summed E-state index contributed by atoms with van der Waals surface area (Å²) in [7, 11) is 0. The number of aryl methyl sites for hydroxylation is 1. The molecule has 0 aromatic carbocycles. The first-order valence-electron chi connectivity index (χ1n) is 8.36. The molecule has 1 amide bonds. The van der Waals surface area contributed by atoms with Gasteiger partial charge >= 0.3 is 0 Å². The molecule has 0 spiro atoms. The van der Waals surface area contributed by atoms with Gasteiger partial charge in [0.25, 0.3) is 0 Å². The van der Waals surface area contributed by atoms with Crippen LogP contribution < -0.4 is 5.32 Å². The minimum absolute atomic E-state index is 0.152. The number of carbonyl (C=O) groups is 1. The van der Waals surface area contributed by atoms with Gasteiger partial charge in [0, 0.05) is 44.6 Å². The Labute approximate surface area is 137 Å². The van der Waals surface area contributed by atoms with Crippen LogP contribution in [0.4, 0.5) is 0 Å². The average molecular weight is 324 g/mol. The van der Waals surface area contributed by atoms with Crippen molar-refractivity contribution in [2.45, 2.75) is 39.7 Å². The topological polar surface area (TPSA) is 48.5 Å². The number of amides is 1. The lowest BCUT2D eigenvalue weighted by atomic mass is 10.3. The Morgan fingerprint density at radius 3 is 2.64 bits per heavy atom. The summed E-state index contributed by atoms with van der Waals surface area (Å²) >= 11 is 1.78. The van der Waals surface area contributed by atoms with E-state index in [9.17, 15) is 4.79 Å². The first-order chi connectivity index (χ1) is 10.7. The fourth-order valence-corrected chi connectivity index (χ4v) is 3.50. The lowest BCUT2D eigenvalue weighted by molar-refractivity contribution is -0.122. The van der Waals surface area contributed by atoms with E-state index in [0.717, 1.165) is 58.5 Å². The summed E-state index contributed by atoms with van der Waals surface area (Å²) in [6.45, 7) is 10.5. The number of aromatic nitrogens is 1. The fourth-order valence-electron chi connectivity index (χ4n) is 2.61. The first-order valence-corrected chi connectivity index (χ1v) is 9.24. The second-order valence-corrected chi connectivity index (χ2v) is 6.83. The molecular formula is C16H28N4OS. The summed E-state index contributed by atoms with van der Waals surface area (Å²) in [6, 6.07) is 0. The van der Waals surface area contributed by atoms with E-state index in [0.29, 0.717) is 6.54 Å². The van der Waals surface area contributed by atoms with Gasteiger partial charge in [-0.2, -0.15) is 0 Å². The van der Waals surface area contributed by atoms with Crippen LogP contribution in [0, 0.1) is 0 Å². The van der Waals surface area contributed by atoms with Crippen molar-refractivity contribution in [3.63, 3.8) is 0 Å². The van der Waals surface area contributed by atoms with E-state index in [1.54, 1.807) is 11.3 Å². The van der Waals surface area contributed by atoms with Gasteiger partial charge in [0.1, 0.15) is 0 Å². The molecule has 5 nitrogen and oxygen atoms in total. The number of carbonyl (C=O) groups excluding carboxylic acids is 1. The van der Waals surface area contributed by atoms with Crippen LogP contribution in [-0.2, 0) is 17.8 Å². The van der Waals surface area contributed by atoms with E-state index in [1.807, 2.05) is 0 Å². The van der Waals surface area contributed by atoms with Gasteiger partial charge in [-0.05, 0) is 19.3 Å². The molecule has 0 unspecified atom stereocenters. The molecule has 1 N–H and O–H groups in total. The van der Waals surface area contributed by atoms with Gasteiger partial charge in [-0.3, -0.25) is 14.6 Å². The van der Waals surface area contributed by atoms with Crippen molar-refractivity contribution in [1.82, 2.24) is 20.1 Å². The molecule has 2 heterocycles. The van der Waals surface area contributed by atoms with Crippen molar-refractivity contribution in [2.24, 2.45) is 0 Å². The van der Waals surface area contributed by atoms with Crippen molar-refractivity contribution >= 4 is 17.2 Å². The Kier molecular flexibility index (Phi) is 7.29. The number of thiazole rings is 1. The van der Waals surface area contributed by atoms with Crippen LogP contribution in [0.25, 0.3) is 0 Å². The molecule has 6 heteroatoms. The highest BCUT2D eigenvalue weighted by Gasteiger charge is 2.19. The lowest BCUT2D eigenvalue weighted by Gasteiger charge is -2.33. The summed E-state index contributed by atoms with van der Waals surface area (Å²) in [5.41, 5.74) is 1.20. The molecule has 0 aliphatic carbocycles. The van der Waals surface area contributed by atoms with E-state index in [2.05, 4.69) is 34.3 Å². The van der Waals surface area contributed by atoms with Crippen molar-refractivity contribution < 1.29 is 4.79 Å². The summed E-state index contributed by atoms with van der Waals surface area (Å²) in [5.74, 6) is 0.152. The summed E-state index contributed by atoms with van der Waals surface area (Å²) in [6.07, 6.45) is 3.24. The average Bonchev–Trinajstić information content (AvgIpc) is 2.95. The maximum Gasteiger partial charge on any atom is 0.234 e. The molecule has 1 aromatic rings. The van der Waals surface area contributed by atoms with Crippen molar-refractivity contribution in [3.05, 3.63) is 16.1 Å². The Bertz CT molecular complexity index is 455. The van der Waals surface area contributed by atoms with Gasteiger partial charge in [0.15, 0.2) is 0 Å². The number of nitrogens with one attached hydrogen (secondary N) is 1. The van der Waals surface area contributed by atoms with E-state index in [4.69, 9.17) is 4.98 Å². The minimum Gasteiger partial charge on any atom is -0.355 e. The summed E-state index contributed by atoms with van der Waals surface area (Å²) in [4.78, 5) is 21.1. The Hall–Kier alpha value is -0.980. The molecule has 1 saturated heterocycles. The molecule has 1 aromatic heterocycles. The van der Waals surface area contributed by atoms with Crippen LogP contribution >= 0.6 is 11.3 Å². The molecule has 1 aliphatic heterocycles. The highest BCUT2D eigenvalue weighted by Crippen LogP contribution is 2.14. The highest BCUT2D eigenvalue weighted by molar-refractivity contribution is 7.09. The molecular weight excluding hydrogens is 296 g/mol. The molecule has 0 radical (unpaired) electrons. The van der Waals surface area contributed by atoms with E-state index in [1.165, 1.54) is 10.7 Å². The third-order valence-electron chi connectivity index (χ3n) is 3.85. The normalized spacial score (nSPS) is 16.8. The zero-order valence-electron chi connectivity index (χ0n) is 13.8. The van der Waals surface area contributed by atoms with E-state index in [-0.39, 0.29) is 5.91 Å². The summed E-state index contributed by atoms with van der Waals surface area (Å²) in [5, 5.41) is 6.39. The second-order valence-electron chi connectivity index (χ2n) is 5.88. The van der Waals surface area contributed by atoms with Gasteiger partial charge in [0.05, 0.1) is 17.2 Å². The number of nitrogens with zero attached hydrogens (tertiary/aromatic N) is 3. The molecule has 0 atom stereocenters. The molecule has 124 valence electrons. The number of rotatable bonds is 8. The van der Waals surface area contributed by atoms with Crippen LogP contribution in [0.1, 0.15) is 37.4 Å². The maximum atomic E-state index is 11.7. The molecule has 1 fully saturated rings. The van der Waals surface area contributed by atoms with Gasteiger partial charge in [-0.25, -0.2) is 4.98 Å². The zero-order valence-corrected chi connectivity index (χ0v) is 14.6. The van der Waals surface area contributed by atoms with Gasteiger partial charge < -0.3 is 5.32 Å². The van der Waals surface area contributed by atoms with Crippen molar-refractivity contribution in [3.8, 4) is 0 Å². The predicted octanol–water partition coefficient (Wildman–Crippen LogP) is 1.74. The Morgan fingerprint density at radius 1 is 1.23 bits per heavy atom. The van der Waals surface area contributed by atoms with E-state index >= 15 is 0 Å². The third kappa shape index (κ3) is 5.66. The Morgan fingerprint density at radius 2 is 1.95 bits per heavy atom. The smallest absolute Gasteiger partial charge is 0.234 e. The number of hydrogen-bond donors (Lipinski definition) is 1. The molecule has 2 rings (SSSR count). The predicted molar refractivity (Wildman–Crippen MR) is 91.1 cm³/mol. The molecule has 1 aliphatic rings. The van der Waals surface area contributed by atoms with Crippen molar-refractivity contribution in [2.75, 3.05) is 39.3 Å². The van der Waals surface area contributed by atoms with Gasteiger partial charge in [-0.15, -0.1) is 11.3 Å². The van der Waals surface area contributed by atoms with Gasteiger partial charge in [0.2, 0.25) is 5.91 Å². The van der Waals surface area contributed by atoms with Crippen LogP contribution in [0.15, 0.2) is 5.38 Å². The van der Waals surface area contributed by atoms with Crippen LogP contribution in [0.3, 0.4) is 0 Å². The van der Waals surface area contributed by atoms with Crippen LogP contribution in [0.2, 0.25) is 0 Å². The molecule has 22 heavy (non-hydrogen) atoms. The maximum absolute atomic E-state index is 11.7. The zero-order chi connectivity index (χ0) is 15.8. The monoisotopic (exact) mass is 324 g/mol. The van der Waals surface area contributed by atoms with Crippen LogP contribution in [-0.4, -0.2) is 60.0 Å². The number of piperazine rings is 1. The second kappa shape index (κ2) is 9.22. The van der Waals surface area contributed by atoms with Crippen LogP contribution in [0.5, 0.6) is 0 Å². The molecule has 0 saturated carbocycles. The summed E-state index contributed by atoms with van der Waals surface area (Å²) < 4.78 is 0. The van der Waals surface area contributed by atoms with E-state index < -0.39 is 0 Å². The minimum atomic E-state index is 0.152. The number of hydrogen-bond acceptors (Lipinski definition) is 5. The largest absolute Gasteiger partial charge is 0.355 e. The third-order valence-corrected chi connectivity index (χ3v) is 4.81. The first kappa shape index (κ1) is 17.4. The highest BCUT2D eigenvalue weighted by atomic mass is 32.1. The standard InChI is InChI=1S/C16H28N4OS/c1-3-5-16-18-14(13-22-16)11-19-7-9-20(10-8-19)12-15(21)17-6-4-2/h13H,3-12H2,1-2H3,(H,17,21). The van der Waals surface area contributed by atoms with Crippen molar-refractivity contribution in [1.29, 1.82) is 0 Å². The fraction of sp³-hybridized carbons (Fsp3) is 0.750. The molecule has 0 bridgehead atoms. The lowest BCUT2D eigenvalue weighted by Crippen LogP contribution is -2.49. The Balaban J connectivity index is 1.69. The van der Waals surface area contributed by atoms with Gasteiger partial charge in [-0.1, -0.05) is 13.8 Å². The SMILES string of the molecule is CCCNC(=O)CN1CCN(Cc2csc(CCC)n2)CC1.